The fraction of sp³-hybridized carbons (Fsp3) is 0. The molecular formula is C13H7ClFN3OS. The average molecular weight is 308 g/mol. The van der Waals surface area contributed by atoms with E-state index in [0.29, 0.717) is 4.34 Å². The molecule has 0 aliphatic carbocycles. The van der Waals surface area contributed by atoms with E-state index in [0.717, 1.165) is 10.9 Å². The van der Waals surface area contributed by atoms with Gasteiger partial charge in [0.25, 0.3) is 5.91 Å². The topological polar surface area (TPSA) is 65.2 Å². The van der Waals surface area contributed by atoms with Crippen LogP contribution in [0.2, 0.25) is 4.34 Å². The highest BCUT2D eigenvalue weighted by Crippen LogP contribution is 2.19. The van der Waals surface area contributed by atoms with Crippen molar-refractivity contribution in [2.75, 3.05) is 0 Å². The first-order valence-electron chi connectivity index (χ1n) is 5.38. The summed E-state index contributed by atoms with van der Waals surface area (Å²) in [4.78, 5) is 12.4. The Morgan fingerprint density at radius 3 is 2.85 bits per heavy atom. The summed E-state index contributed by atoms with van der Waals surface area (Å²) < 4.78 is 14.2. The molecule has 0 spiro atoms. The highest BCUT2D eigenvalue weighted by molar-refractivity contribution is 7.17. The molecule has 20 heavy (non-hydrogen) atoms. The standard InChI is InChI=1S/C13H7ClFN3OS/c14-12-4-2-9(20-12)7-17-18-13(19)10-3-1-8(6-16)5-11(10)15/h1-5,7H,(H,18,19). The second-order valence-corrected chi connectivity index (χ2v) is 5.39. The van der Waals surface area contributed by atoms with Crippen LogP contribution in [0, 0.1) is 17.1 Å². The number of benzene rings is 1. The second kappa shape index (κ2) is 6.28. The molecule has 0 bridgehead atoms. The Morgan fingerprint density at radius 2 is 2.25 bits per heavy atom. The molecule has 0 aliphatic rings. The molecule has 7 heteroatoms. The Kier molecular flexibility index (Phi) is 4.45. The summed E-state index contributed by atoms with van der Waals surface area (Å²) in [6.45, 7) is 0. The lowest BCUT2D eigenvalue weighted by Crippen LogP contribution is -2.19. The van der Waals surface area contributed by atoms with Crippen molar-refractivity contribution in [3.8, 4) is 6.07 Å². The zero-order chi connectivity index (χ0) is 14.5. The summed E-state index contributed by atoms with van der Waals surface area (Å²) in [5, 5.41) is 12.3. The summed E-state index contributed by atoms with van der Waals surface area (Å²) in [5.74, 6) is -1.46. The van der Waals surface area contributed by atoms with Crippen molar-refractivity contribution < 1.29 is 9.18 Å². The van der Waals surface area contributed by atoms with E-state index in [9.17, 15) is 9.18 Å². The van der Waals surface area contributed by atoms with Gasteiger partial charge in [-0.3, -0.25) is 4.79 Å². The minimum Gasteiger partial charge on any atom is -0.267 e. The molecule has 0 fully saturated rings. The van der Waals surface area contributed by atoms with Gasteiger partial charge in [0, 0.05) is 4.88 Å². The molecule has 0 radical (unpaired) electrons. The Bertz CT molecular complexity index is 721. The van der Waals surface area contributed by atoms with Crippen LogP contribution in [0.1, 0.15) is 20.8 Å². The van der Waals surface area contributed by atoms with Crippen LogP contribution in [-0.2, 0) is 0 Å². The summed E-state index contributed by atoms with van der Waals surface area (Å²) in [7, 11) is 0. The molecule has 100 valence electrons. The molecular weight excluding hydrogens is 301 g/mol. The number of nitrogens with zero attached hydrogens (tertiary/aromatic N) is 2. The summed E-state index contributed by atoms with van der Waals surface area (Å²) >= 11 is 7.04. The molecule has 4 nitrogen and oxygen atoms in total. The number of hydrogen-bond acceptors (Lipinski definition) is 4. The van der Waals surface area contributed by atoms with Gasteiger partial charge in [0.1, 0.15) is 5.82 Å². The lowest BCUT2D eigenvalue weighted by atomic mass is 10.1. The van der Waals surface area contributed by atoms with Gasteiger partial charge in [-0.05, 0) is 30.3 Å². The number of nitrogens with one attached hydrogen (secondary N) is 1. The number of carbonyl (C=O) groups excluding carboxylic acids is 1. The molecule has 2 rings (SSSR count). The van der Waals surface area contributed by atoms with Gasteiger partial charge in [0.2, 0.25) is 0 Å². The van der Waals surface area contributed by atoms with Crippen molar-refractivity contribution in [1.82, 2.24) is 5.43 Å². The average Bonchev–Trinajstić information content (AvgIpc) is 2.84. The van der Waals surface area contributed by atoms with Gasteiger partial charge in [-0.1, -0.05) is 11.6 Å². The van der Waals surface area contributed by atoms with Crippen LogP contribution in [0.3, 0.4) is 0 Å². The van der Waals surface area contributed by atoms with E-state index >= 15 is 0 Å². The summed E-state index contributed by atoms with van der Waals surface area (Å²) in [6.07, 6.45) is 1.41. The van der Waals surface area contributed by atoms with Gasteiger partial charge in [-0.15, -0.1) is 11.3 Å². The summed E-state index contributed by atoms with van der Waals surface area (Å²) in [6, 6.07) is 8.83. The molecule has 0 unspecified atom stereocenters. The Morgan fingerprint density at radius 1 is 1.45 bits per heavy atom. The predicted octanol–water partition coefficient (Wildman–Crippen LogP) is 3.18. The monoisotopic (exact) mass is 307 g/mol. The fourth-order valence-electron chi connectivity index (χ4n) is 1.38. The normalized spacial score (nSPS) is 10.4. The molecule has 0 aliphatic heterocycles. The van der Waals surface area contributed by atoms with Crippen LogP contribution in [0.4, 0.5) is 4.39 Å². The molecule has 1 N–H and O–H groups in total. The molecule has 0 saturated heterocycles. The van der Waals surface area contributed by atoms with Crippen molar-refractivity contribution in [3.05, 3.63) is 56.5 Å². The van der Waals surface area contributed by atoms with Gasteiger partial charge in [0.15, 0.2) is 0 Å². The van der Waals surface area contributed by atoms with E-state index in [4.69, 9.17) is 16.9 Å². The van der Waals surface area contributed by atoms with Crippen molar-refractivity contribution in [1.29, 1.82) is 5.26 Å². The highest BCUT2D eigenvalue weighted by atomic mass is 35.5. The molecule has 1 aromatic heterocycles. The Balaban J connectivity index is 2.05. The number of halogens is 2. The first-order valence-corrected chi connectivity index (χ1v) is 6.58. The van der Waals surface area contributed by atoms with Gasteiger partial charge < -0.3 is 0 Å². The van der Waals surface area contributed by atoms with Crippen LogP contribution in [0.15, 0.2) is 35.4 Å². The maximum absolute atomic E-state index is 13.6. The number of carbonyl (C=O) groups is 1. The molecule has 0 saturated carbocycles. The van der Waals surface area contributed by atoms with Crippen molar-refractivity contribution >= 4 is 35.1 Å². The number of rotatable bonds is 3. The minimum absolute atomic E-state index is 0.149. The van der Waals surface area contributed by atoms with Crippen LogP contribution >= 0.6 is 22.9 Å². The third-order valence-electron chi connectivity index (χ3n) is 2.29. The van der Waals surface area contributed by atoms with E-state index in [1.54, 1.807) is 18.2 Å². The van der Waals surface area contributed by atoms with E-state index in [-0.39, 0.29) is 11.1 Å². The minimum atomic E-state index is -0.768. The lowest BCUT2D eigenvalue weighted by Gasteiger charge is -2.01. The van der Waals surface area contributed by atoms with Gasteiger partial charge >= 0.3 is 0 Å². The van der Waals surface area contributed by atoms with E-state index in [1.807, 2.05) is 0 Å². The van der Waals surface area contributed by atoms with Crippen molar-refractivity contribution in [2.24, 2.45) is 5.10 Å². The second-order valence-electron chi connectivity index (χ2n) is 3.65. The van der Waals surface area contributed by atoms with E-state index in [2.05, 4.69) is 10.5 Å². The zero-order valence-electron chi connectivity index (χ0n) is 9.93. The molecule has 1 aromatic carbocycles. The van der Waals surface area contributed by atoms with Gasteiger partial charge in [-0.2, -0.15) is 10.4 Å². The maximum Gasteiger partial charge on any atom is 0.274 e. The van der Waals surface area contributed by atoms with Crippen molar-refractivity contribution in [3.63, 3.8) is 0 Å². The predicted molar refractivity (Wildman–Crippen MR) is 75.5 cm³/mol. The van der Waals surface area contributed by atoms with Crippen molar-refractivity contribution in [2.45, 2.75) is 0 Å². The first kappa shape index (κ1) is 14.2. The largest absolute Gasteiger partial charge is 0.274 e. The lowest BCUT2D eigenvalue weighted by molar-refractivity contribution is 0.0951. The number of thiophene rings is 1. The zero-order valence-corrected chi connectivity index (χ0v) is 11.5. The van der Waals surface area contributed by atoms with Gasteiger partial charge in [0.05, 0.1) is 27.7 Å². The third-order valence-corrected chi connectivity index (χ3v) is 3.46. The third kappa shape index (κ3) is 3.41. The fourth-order valence-corrected chi connectivity index (χ4v) is 2.31. The Labute approximate surface area is 123 Å². The van der Waals surface area contributed by atoms with E-state index < -0.39 is 11.7 Å². The summed E-state index contributed by atoms with van der Waals surface area (Å²) in [5.41, 5.74) is 2.18. The SMILES string of the molecule is N#Cc1ccc(C(=O)NN=Cc2ccc(Cl)s2)c(F)c1. The maximum atomic E-state index is 13.6. The van der Waals surface area contributed by atoms with E-state index in [1.165, 1.54) is 29.7 Å². The highest BCUT2D eigenvalue weighted by Gasteiger charge is 2.11. The molecule has 2 aromatic rings. The first-order chi connectivity index (χ1) is 9.60. The number of amides is 1. The number of nitriles is 1. The molecule has 0 atom stereocenters. The van der Waals surface area contributed by atoms with Crippen LogP contribution < -0.4 is 5.43 Å². The number of hydrazone groups is 1. The smallest absolute Gasteiger partial charge is 0.267 e. The Hall–Kier alpha value is -2.23. The quantitative estimate of drug-likeness (QED) is 0.699. The number of hydrogen-bond donors (Lipinski definition) is 1. The van der Waals surface area contributed by atoms with Crippen LogP contribution in [0.25, 0.3) is 0 Å². The van der Waals surface area contributed by atoms with Gasteiger partial charge in [-0.25, -0.2) is 9.82 Å². The van der Waals surface area contributed by atoms with Crippen LogP contribution in [0.5, 0.6) is 0 Å². The van der Waals surface area contributed by atoms with Crippen LogP contribution in [-0.4, -0.2) is 12.1 Å². The molecule has 1 heterocycles. The molecule has 1 amide bonds.